The summed E-state index contributed by atoms with van der Waals surface area (Å²) in [5.74, 6) is -0.238. The molecule has 1 N–H and O–H groups in total. The fourth-order valence-electron chi connectivity index (χ4n) is 2.03. The van der Waals surface area contributed by atoms with E-state index in [1.54, 1.807) is 16.7 Å². The summed E-state index contributed by atoms with van der Waals surface area (Å²) in [6.07, 6.45) is -0.0823. The van der Waals surface area contributed by atoms with Crippen molar-refractivity contribution < 1.29 is 14.7 Å². The van der Waals surface area contributed by atoms with Crippen LogP contribution >= 0.6 is 27.7 Å². The summed E-state index contributed by atoms with van der Waals surface area (Å²) in [6.45, 7) is 2.63. The Hall–Kier alpha value is -1.01. The van der Waals surface area contributed by atoms with Crippen molar-refractivity contribution in [3.63, 3.8) is 0 Å². The normalized spacial score (nSPS) is 14.1. The molecule has 102 valence electrons. The Morgan fingerprint density at radius 3 is 2.84 bits per heavy atom. The van der Waals surface area contributed by atoms with E-state index in [1.807, 2.05) is 13.0 Å². The first-order valence-corrected chi connectivity index (χ1v) is 7.72. The van der Waals surface area contributed by atoms with Gasteiger partial charge in [0.2, 0.25) is 5.91 Å². The van der Waals surface area contributed by atoms with E-state index < -0.39 is 5.97 Å². The van der Waals surface area contributed by atoms with Crippen molar-refractivity contribution in [1.29, 1.82) is 0 Å². The molecule has 1 aliphatic heterocycles. The number of halogens is 1. The molecular weight excluding hydrogens is 330 g/mol. The van der Waals surface area contributed by atoms with Crippen molar-refractivity contribution in [2.24, 2.45) is 0 Å². The van der Waals surface area contributed by atoms with Crippen molar-refractivity contribution in [1.82, 2.24) is 0 Å². The number of anilines is 1. The maximum atomic E-state index is 12.1. The smallest absolute Gasteiger partial charge is 0.303 e. The number of aliphatic carboxylic acids is 1. The fourth-order valence-corrected chi connectivity index (χ4v) is 4.07. The van der Waals surface area contributed by atoms with Gasteiger partial charge in [0.25, 0.3) is 0 Å². The third-order valence-electron chi connectivity index (χ3n) is 2.87. The van der Waals surface area contributed by atoms with Gasteiger partial charge < -0.3 is 10.0 Å². The number of amides is 1. The SMILES string of the molecule is Cc1cc(Br)c2c(c1)SCCN2C(=O)CCC(=O)O. The zero-order valence-electron chi connectivity index (χ0n) is 10.5. The van der Waals surface area contributed by atoms with Crippen LogP contribution in [0.4, 0.5) is 5.69 Å². The van der Waals surface area contributed by atoms with E-state index >= 15 is 0 Å². The molecule has 0 bridgehead atoms. The lowest BCUT2D eigenvalue weighted by molar-refractivity contribution is -0.138. The largest absolute Gasteiger partial charge is 0.481 e. The van der Waals surface area contributed by atoms with Crippen LogP contribution in [0.3, 0.4) is 0 Å². The highest BCUT2D eigenvalue weighted by Crippen LogP contribution is 2.41. The van der Waals surface area contributed by atoms with Gasteiger partial charge in [0, 0.05) is 28.1 Å². The number of nitrogens with zero attached hydrogens (tertiary/aromatic N) is 1. The monoisotopic (exact) mass is 343 g/mol. The first kappa shape index (κ1) is 14.4. The quantitative estimate of drug-likeness (QED) is 0.916. The van der Waals surface area contributed by atoms with Gasteiger partial charge in [-0.3, -0.25) is 9.59 Å². The zero-order chi connectivity index (χ0) is 14.0. The van der Waals surface area contributed by atoms with E-state index in [0.29, 0.717) is 6.54 Å². The molecule has 1 aliphatic rings. The Kier molecular flexibility index (Phi) is 4.52. The molecule has 4 nitrogen and oxygen atoms in total. The van der Waals surface area contributed by atoms with Gasteiger partial charge in [0.05, 0.1) is 12.1 Å². The van der Waals surface area contributed by atoms with Gasteiger partial charge in [-0.05, 0) is 40.5 Å². The van der Waals surface area contributed by atoms with Crippen molar-refractivity contribution in [3.05, 3.63) is 22.2 Å². The van der Waals surface area contributed by atoms with Crippen LogP contribution in [0.15, 0.2) is 21.5 Å². The van der Waals surface area contributed by atoms with E-state index in [2.05, 4.69) is 22.0 Å². The average Bonchev–Trinajstić information content (AvgIpc) is 2.34. The van der Waals surface area contributed by atoms with Crippen molar-refractivity contribution >= 4 is 45.3 Å². The number of hydrogen-bond donors (Lipinski definition) is 1. The molecule has 0 unspecified atom stereocenters. The molecule has 1 amide bonds. The van der Waals surface area contributed by atoms with Crippen LogP contribution in [-0.4, -0.2) is 29.3 Å². The number of rotatable bonds is 3. The van der Waals surface area contributed by atoms with Gasteiger partial charge >= 0.3 is 5.97 Å². The number of carbonyl (C=O) groups excluding carboxylic acids is 1. The molecule has 0 saturated carbocycles. The summed E-state index contributed by atoms with van der Waals surface area (Å²) in [6, 6.07) is 4.03. The minimum Gasteiger partial charge on any atom is -0.481 e. The standard InChI is InChI=1S/C13H14BrNO3S/c1-8-6-9(14)13-10(7-8)19-5-4-15(13)11(16)2-3-12(17)18/h6-7H,2-5H2,1H3,(H,17,18). The Morgan fingerprint density at radius 2 is 2.16 bits per heavy atom. The second kappa shape index (κ2) is 5.96. The van der Waals surface area contributed by atoms with E-state index in [9.17, 15) is 9.59 Å². The summed E-state index contributed by atoms with van der Waals surface area (Å²) in [7, 11) is 0. The second-order valence-corrected chi connectivity index (χ2v) is 6.37. The zero-order valence-corrected chi connectivity index (χ0v) is 12.9. The lowest BCUT2D eigenvalue weighted by Crippen LogP contribution is -2.35. The van der Waals surface area contributed by atoms with Gasteiger partial charge in [-0.2, -0.15) is 0 Å². The van der Waals surface area contributed by atoms with Gasteiger partial charge in [0.1, 0.15) is 0 Å². The van der Waals surface area contributed by atoms with Crippen molar-refractivity contribution in [3.8, 4) is 0 Å². The second-order valence-electron chi connectivity index (χ2n) is 4.38. The first-order chi connectivity index (χ1) is 8.99. The summed E-state index contributed by atoms with van der Waals surface area (Å²) < 4.78 is 0.887. The molecule has 0 saturated heterocycles. The highest BCUT2D eigenvalue weighted by molar-refractivity contribution is 9.10. The van der Waals surface area contributed by atoms with Crippen LogP contribution < -0.4 is 4.90 Å². The summed E-state index contributed by atoms with van der Waals surface area (Å²) in [5, 5.41) is 8.66. The first-order valence-electron chi connectivity index (χ1n) is 5.94. The number of hydrogen-bond acceptors (Lipinski definition) is 3. The van der Waals surface area contributed by atoms with Gasteiger partial charge in [-0.15, -0.1) is 11.8 Å². The summed E-state index contributed by atoms with van der Waals surface area (Å²) in [5.41, 5.74) is 2.01. The highest BCUT2D eigenvalue weighted by Gasteiger charge is 2.25. The van der Waals surface area contributed by atoms with Crippen molar-refractivity contribution in [2.45, 2.75) is 24.7 Å². The molecule has 0 radical (unpaired) electrons. The van der Waals surface area contributed by atoms with Gasteiger partial charge in [-0.25, -0.2) is 0 Å². The van der Waals surface area contributed by atoms with Crippen molar-refractivity contribution in [2.75, 3.05) is 17.2 Å². The molecular formula is C13H14BrNO3S. The molecule has 1 aromatic rings. The maximum Gasteiger partial charge on any atom is 0.303 e. The van der Waals surface area contributed by atoms with Gasteiger partial charge in [0.15, 0.2) is 0 Å². The molecule has 19 heavy (non-hydrogen) atoms. The van der Waals surface area contributed by atoms with E-state index in [-0.39, 0.29) is 18.7 Å². The Labute approximate surface area is 124 Å². The Balaban J connectivity index is 2.26. The fraction of sp³-hybridized carbons (Fsp3) is 0.385. The number of fused-ring (bicyclic) bond motifs is 1. The maximum absolute atomic E-state index is 12.1. The van der Waals surface area contributed by atoms with Crippen LogP contribution in [0.1, 0.15) is 18.4 Å². The number of thioether (sulfide) groups is 1. The van der Waals surface area contributed by atoms with Gasteiger partial charge in [-0.1, -0.05) is 0 Å². The van der Waals surface area contributed by atoms with Crippen LogP contribution in [0.2, 0.25) is 0 Å². The average molecular weight is 344 g/mol. The predicted octanol–water partition coefficient (Wildman–Crippen LogP) is 3.06. The third kappa shape index (κ3) is 3.30. The van der Waals surface area contributed by atoms with Crippen LogP contribution in [0, 0.1) is 6.92 Å². The molecule has 0 aromatic heterocycles. The Morgan fingerprint density at radius 1 is 1.42 bits per heavy atom. The topological polar surface area (TPSA) is 57.6 Å². The molecule has 1 heterocycles. The number of benzene rings is 1. The van der Waals surface area contributed by atoms with Crippen LogP contribution in [0.5, 0.6) is 0 Å². The molecule has 0 spiro atoms. The minimum absolute atomic E-state index is 0.0414. The van der Waals surface area contributed by atoms with Crippen LogP contribution in [-0.2, 0) is 9.59 Å². The molecule has 0 atom stereocenters. The lowest BCUT2D eigenvalue weighted by atomic mass is 10.2. The van der Waals surface area contributed by atoms with Crippen LogP contribution in [0.25, 0.3) is 0 Å². The summed E-state index contributed by atoms with van der Waals surface area (Å²) >= 11 is 5.22. The summed E-state index contributed by atoms with van der Waals surface area (Å²) in [4.78, 5) is 25.5. The van der Waals surface area contributed by atoms with E-state index in [1.165, 1.54) is 0 Å². The number of aryl methyl sites for hydroxylation is 1. The molecule has 2 rings (SSSR count). The number of carboxylic acids is 1. The van der Waals surface area contributed by atoms with E-state index in [0.717, 1.165) is 26.4 Å². The predicted molar refractivity (Wildman–Crippen MR) is 78.8 cm³/mol. The molecule has 1 aromatic carbocycles. The highest BCUT2D eigenvalue weighted by atomic mass is 79.9. The molecule has 0 aliphatic carbocycles. The van der Waals surface area contributed by atoms with E-state index in [4.69, 9.17) is 5.11 Å². The Bertz CT molecular complexity index is 533. The molecule has 6 heteroatoms. The minimum atomic E-state index is -0.942. The molecule has 0 fully saturated rings. The lowest BCUT2D eigenvalue weighted by Gasteiger charge is -2.30. The number of carbonyl (C=O) groups is 2. The third-order valence-corrected chi connectivity index (χ3v) is 4.48. The number of carboxylic acid groups (broad SMARTS) is 1.